The van der Waals surface area contributed by atoms with Crippen molar-refractivity contribution < 1.29 is 9.18 Å². The van der Waals surface area contributed by atoms with Gasteiger partial charge in [-0.3, -0.25) is 4.79 Å². The third-order valence-electron chi connectivity index (χ3n) is 3.68. The predicted molar refractivity (Wildman–Crippen MR) is 95.5 cm³/mol. The molecule has 0 radical (unpaired) electrons. The maximum absolute atomic E-state index is 13.7. The number of carbonyl (C=O) groups excluding carboxylic acids is 1. The van der Waals surface area contributed by atoms with Crippen molar-refractivity contribution in [2.45, 2.75) is 13.3 Å². The van der Waals surface area contributed by atoms with Gasteiger partial charge in [0.25, 0.3) is 5.91 Å². The van der Waals surface area contributed by atoms with E-state index in [1.807, 2.05) is 31.2 Å². The van der Waals surface area contributed by atoms with E-state index in [2.05, 4.69) is 20.6 Å². The second-order valence-corrected chi connectivity index (χ2v) is 5.36. The Balaban J connectivity index is 1.79. The highest BCUT2D eigenvalue weighted by Gasteiger charge is 2.11. The molecule has 5 nitrogen and oxygen atoms in total. The van der Waals surface area contributed by atoms with Crippen LogP contribution in [0.5, 0.6) is 0 Å². The summed E-state index contributed by atoms with van der Waals surface area (Å²) in [6.45, 7) is 2.02. The summed E-state index contributed by atoms with van der Waals surface area (Å²) in [6, 6.07) is 15.3. The van der Waals surface area contributed by atoms with Gasteiger partial charge in [-0.1, -0.05) is 37.3 Å². The van der Waals surface area contributed by atoms with Gasteiger partial charge >= 0.3 is 0 Å². The van der Waals surface area contributed by atoms with Crippen LogP contribution in [-0.4, -0.2) is 15.9 Å². The number of hydrogen-bond acceptors (Lipinski definition) is 4. The van der Waals surface area contributed by atoms with Crippen LogP contribution < -0.4 is 10.6 Å². The van der Waals surface area contributed by atoms with Crippen LogP contribution in [0.1, 0.15) is 23.0 Å². The van der Waals surface area contributed by atoms with Crippen LogP contribution in [0, 0.1) is 5.82 Å². The van der Waals surface area contributed by atoms with E-state index in [1.54, 1.807) is 18.2 Å². The lowest BCUT2D eigenvalue weighted by molar-refractivity contribution is 0.102. The molecule has 0 saturated heterocycles. The summed E-state index contributed by atoms with van der Waals surface area (Å²) in [7, 11) is 0. The van der Waals surface area contributed by atoms with E-state index in [4.69, 9.17) is 0 Å². The first kappa shape index (κ1) is 16.6. The zero-order chi connectivity index (χ0) is 17.6. The zero-order valence-electron chi connectivity index (χ0n) is 13.7. The average Bonchev–Trinajstić information content (AvgIpc) is 2.64. The molecule has 0 aliphatic heterocycles. The van der Waals surface area contributed by atoms with Crippen molar-refractivity contribution >= 4 is 23.1 Å². The molecule has 1 aromatic heterocycles. The molecule has 2 aromatic carbocycles. The van der Waals surface area contributed by atoms with Crippen LogP contribution in [0.15, 0.2) is 60.9 Å². The number of halogens is 1. The van der Waals surface area contributed by atoms with Crippen LogP contribution in [0.3, 0.4) is 0 Å². The van der Waals surface area contributed by atoms with Crippen molar-refractivity contribution in [1.29, 1.82) is 0 Å². The quantitative estimate of drug-likeness (QED) is 0.734. The summed E-state index contributed by atoms with van der Waals surface area (Å²) in [5.74, 6) is -0.405. The Bertz CT molecular complexity index is 898. The number of nitrogens with zero attached hydrogens (tertiary/aromatic N) is 2. The molecule has 0 aliphatic carbocycles. The zero-order valence-corrected chi connectivity index (χ0v) is 13.7. The molecule has 2 N–H and O–H groups in total. The molecule has 25 heavy (non-hydrogen) atoms. The first-order valence-corrected chi connectivity index (χ1v) is 7.90. The van der Waals surface area contributed by atoms with Crippen LogP contribution in [0.25, 0.3) is 0 Å². The van der Waals surface area contributed by atoms with E-state index in [-0.39, 0.29) is 17.3 Å². The average molecular weight is 336 g/mol. The summed E-state index contributed by atoms with van der Waals surface area (Å²) in [4.78, 5) is 20.5. The van der Waals surface area contributed by atoms with Gasteiger partial charge in [0.2, 0.25) is 0 Å². The molecule has 6 heteroatoms. The van der Waals surface area contributed by atoms with Crippen molar-refractivity contribution in [3.63, 3.8) is 0 Å². The van der Waals surface area contributed by atoms with Gasteiger partial charge in [-0.25, -0.2) is 14.4 Å². The lowest BCUT2D eigenvalue weighted by Crippen LogP contribution is -2.15. The molecule has 0 fully saturated rings. The molecule has 0 spiro atoms. The van der Waals surface area contributed by atoms with Crippen molar-refractivity contribution in [1.82, 2.24) is 9.97 Å². The molecular weight excluding hydrogens is 319 g/mol. The lowest BCUT2D eigenvalue weighted by Gasteiger charge is -2.10. The van der Waals surface area contributed by atoms with Crippen molar-refractivity contribution in [2.24, 2.45) is 0 Å². The lowest BCUT2D eigenvalue weighted by atomic mass is 10.1. The van der Waals surface area contributed by atoms with Gasteiger partial charge in [-0.05, 0) is 30.2 Å². The molecule has 0 unspecified atom stereocenters. The van der Waals surface area contributed by atoms with E-state index in [0.29, 0.717) is 5.82 Å². The minimum Gasteiger partial charge on any atom is -0.338 e. The number of aromatic nitrogens is 2. The highest BCUT2D eigenvalue weighted by atomic mass is 19.1. The first-order valence-electron chi connectivity index (χ1n) is 7.90. The fraction of sp³-hybridized carbons (Fsp3) is 0.105. The Morgan fingerprint density at radius 1 is 1.04 bits per heavy atom. The first-order chi connectivity index (χ1) is 12.2. The number of benzene rings is 2. The minimum atomic E-state index is -0.399. The fourth-order valence-electron chi connectivity index (χ4n) is 2.39. The molecule has 0 bridgehead atoms. The number of nitrogens with one attached hydrogen (secondary N) is 2. The number of rotatable bonds is 5. The molecule has 0 aliphatic rings. The van der Waals surface area contributed by atoms with Crippen LogP contribution in [0.4, 0.5) is 21.6 Å². The van der Waals surface area contributed by atoms with Gasteiger partial charge in [0.05, 0.1) is 5.69 Å². The van der Waals surface area contributed by atoms with Crippen molar-refractivity contribution in [3.05, 3.63) is 78.0 Å². The van der Waals surface area contributed by atoms with Crippen LogP contribution in [0.2, 0.25) is 0 Å². The minimum absolute atomic E-state index is 0.194. The SMILES string of the molecule is CCc1ccccc1NC(=O)c1cc(Nc2ccccc2F)ncn1. The Morgan fingerprint density at radius 2 is 1.76 bits per heavy atom. The Hall–Kier alpha value is -3.28. The van der Waals surface area contributed by atoms with E-state index < -0.39 is 5.82 Å². The molecule has 1 amide bonds. The summed E-state index contributed by atoms with van der Waals surface area (Å²) in [5, 5.41) is 5.70. The molecule has 0 saturated carbocycles. The predicted octanol–water partition coefficient (Wildman–Crippen LogP) is 4.17. The van der Waals surface area contributed by atoms with Crippen molar-refractivity contribution in [2.75, 3.05) is 10.6 Å². The Morgan fingerprint density at radius 3 is 2.52 bits per heavy atom. The Labute approximate surface area is 145 Å². The molecular formula is C19H17FN4O. The highest BCUT2D eigenvalue weighted by Crippen LogP contribution is 2.19. The van der Waals surface area contributed by atoms with Crippen LogP contribution in [-0.2, 0) is 6.42 Å². The molecule has 0 atom stereocenters. The molecule has 3 rings (SSSR count). The second kappa shape index (κ2) is 7.53. The van der Waals surface area contributed by atoms with E-state index in [9.17, 15) is 9.18 Å². The third-order valence-corrected chi connectivity index (χ3v) is 3.68. The monoisotopic (exact) mass is 336 g/mol. The second-order valence-electron chi connectivity index (χ2n) is 5.36. The fourth-order valence-corrected chi connectivity index (χ4v) is 2.39. The number of para-hydroxylation sites is 2. The van der Waals surface area contributed by atoms with Gasteiger partial charge in [0.1, 0.15) is 23.7 Å². The number of anilines is 3. The summed E-state index contributed by atoms with van der Waals surface area (Å²) in [5.41, 5.74) is 2.26. The summed E-state index contributed by atoms with van der Waals surface area (Å²) in [6.07, 6.45) is 2.07. The van der Waals surface area contributed by atoms with Gasteiger partial charge in [-0.2, -0.15) is 0 Å². The third kappa shape index (κ3) is 3.98. The van der Waals surface area contributed by atoms with Gasteiger partial charge < -0.3 is 10.6 Å². The van der Waals surface area contributed by atoms with Crippen LogP contribution >= 0.6 is 0 Å². The summed E-state index contributed by atoms with van der Waals surface area (Å²) < 4.78 is 13.7. The number of hydrogen-bond donors (Lipinski definition) is 2. The van der Waals surface area contributed by atoms with E-state index in [0.717, 1.165) is 17.7 Å². The highest BCUT2D eigenvalue weighted by molar-refractivity contribution is 6.03. The van der Waals surface area contributed by atoms with Gasteiger partial charge in [-0.15, -0.1) is 0 Å². The molecule has 3 aromatic rings. The number of aryl methyl sites for hydroxylation is 1. The normalized spacial score (nSPS) is 10.3. The number of amides is 1. The molecule has 126 valence electrons. The largest absolute Gasteiger partial charge is 0.338 e. The maximum atomic E-state index is 13.7. The van der Waals surface area contributed by atoms with Gasteiger partial charge in [0.15, 0.2) is 0 Å². The van der Waals surface area contributed by atoms with E-state index >= 15 is 0 Å². The smallest absolute Gasteiger partial charge is 0.274 e. The maximum Gasteiger partial charge on any atom is 0.274 e. The van der Waals surface area contributed by atoms with Gasteiger partial charge in [0, 0.05) is 11.8 Å². The molecule has 1 heterocycles. The standard InChI is InChI=1S/C19H17FN4O/c1-2-13-7-3-5-9-15(13)24-19(25)17-11-18(22-12-21-17)23-16-10-6-4-8-14(16)20/h3-12H,2H2,1H3,(H,24,25)(H,21,22,23). The van der Waals surface area contributed by atoms with E-state index in [1.165, 1.54) is 18.5 Å². The summed E-state index contributed by atoms with van der Waals surface area (Å²) >= 11 is 0. The number of carbonyl (C=O) groups is 1. The Kier molecular flexibility index (Phi) is 4.99. The van der Waals surface area contributed by atoms with Crippen molar-refractivity contribution in [3.8, 4) is 0 Å². The topological polar surface area (TPSA) is 66.9 Å².